The lowest BCUT2D eigenvalue weighted by Gasteiger charge is -2.13. The van der Waals surface area contributed by atoms with E-state index in [2.05, 4.69) is 30.6 Å². The van der Waals surface area contributed by atoms with E-state index in [1.54, 1.807) is 29.5 Å². The van der Waals surface area contributed by atoms with E-state index in [4.69, 9.17) is 0 Å². The smallest absolute Gasteiger partial charge is 0.368 e. The van der Waals surface area contributed by atoms with Crippen LogP contribution in [0, 0.1) is 10.1 Å². The molecule has 4 rings (SSSR count). The second kappa shape index (κ2) is 9.52. The van der Waals surface area contributed by atoms with Gasteiger partial charge in [0, 0.05) is 37.1 Å². The van der Waals surface area contributed by atoms with Crippen LogP contribution in [0.1, 0.15) is 5.56 Å². The summed E-state index contributed by atoms with van der Waals surface area (Å²) < 4.78 is 40.5. The summed E-state index contributed by atoms with van der Waals surface area (Å²) in [5, 5.41) is 16.7. The zero-order valence-corrected chi connectivity index (χ0v) is 17.4. The number of aromatic nitrogens is 5. The molecule has 0 spiro atoms. The molecule has 1 aromatic carbocycles. The highest BCUT2D eigenvalue weighted by Gasteiger charge is 2.30. The van der Waals surface area contributed by atoms with Gasteiger partial charge in [-0.3, -0.25) is 10.1 Å². The monoisotopic (exact) mass is 470 g/mol. The fourth-order valence-corrected chi connectivity index (χ4v) is 3.04. The number of benzene rings is 1. The van der Waals surface area contributed by atoms with Crippen LogP contribution in [-0.4, -0.2) is 42.5 Å². The van der Waals surface area contributed by atoms with Crippen LogP contribution in [0.25, 0.3) is 16.9 Å². The van der Waals surface area contributed by atoms with Crippen LogP contribution < -0.4 is 10.6 Å². The fraction of sp³-hybridized carbons (Fsp3) is 0.143. The molecule has 0 aliphatic heterocycles. The first kappa shape index (κ1) is 22.6. The molecule has 174 valence electrons. The molecule has 0 amide bonds. The normalized spacial score (nSPS) is 11.3. The van der Waals surface area contributed by atoms with E-state index in [1.807, 2.05) is 0 Å². The van der Waals surface area contributed by atoms with Crippen molar-refractivity contribution in [3.8, 4) is 16.9 Å². The van der Waals surface area contributed by atoms with E-state index in [0.717, 1.165) is 18.3 Å². The number of rotatable bonds is 8. The van der Waals surface area contributed by atoms with Gasteiger partial charge in [0.25, 0.3) is 5.69 Å². The predicted molar refractivity (Wildman–Crippen MR) is 117 cm³/mol. The summed E-state index contributed by atoms with van der Waals surface area (Å²) in [6.45, 7) is 0.794. The standard InChI is InChI=1S/C21H17F3N8O2/c22-21(23,24)15-3-1-14(2-4-15)19-17(31-10-9-25-13-31)12-29-20(30-19)27-8-7-26-18-6-5-16(11-28-18)32(33)34/h1-6,9-13H,7-8H2,(H,26,28)(H,27,29,30). The van der Waals surface area contributed by atoms with E-state index in [0.29, 0.717) is 35.9 Å². The second-order valence-electron chi connectivity index (χ2n) is 6.98. The van der Waals surface area contributed by atoms with Gasteiger partial charge in [0.2, 0.25) is 5.95 Å². The van der Waals surface area contributed by atoms with Gasteiger partial charge in [0.15, 0.2) is 0 Å². The lowest BCUT2D eigenvalue weighted by Crippen LogP contribution is -2.16. The molecule has 0 atom stereocenters. The second-order valence-corrected chi connectivity index (χ2v) is 6.98. The molecule has 34 heavy (non-hydrogen) atoms. The number of nitro groups is 1. The molecule has 0 fully saturated rings. The van der Waals surface area contributed by atoms with Gasteiger partial charge in [-0.05, 0) is 18.2 Å². The number of halogens is 3. The number of imidazole rings is 1. The van der Waals surface area contributed by atoms with Gasteiger partial charge in [-0.2, -0.15) is 13.2 Å². The van der Waals surface area contributed by atoms with Crippen LogP contribution in [0.2, 0.25) is 0 Å². The number of hydrogen-bond acceptors (Lipinski definition) is 8. The van der Waals surface area contributed by atoms with Crippen molar-refractivity contribution in [2.75, 3.05) is 23.7 Å². The summed E-state index contributed by atoms with van der Waals surface area (Å²) in [5.41, 5.74) is 0.602. The number of anilines is 2. The van der Waals surface area contributed by atoms with Gasteiger partial charge in [0.05, 0.1) is 34.4 Å². The van der Waals surface area contributed by atoms with Crippen LogP contribution in [-0.2, 0) is 6.18 Å². The Hall–Kier alpha value is -4.55. The van der Waals surface area contributed by atoms with Crippen molar-refractivity contribution in [2.24, 2.45) is 0 Å². The van der Waals surface area contributed by atoms with Crippen LogP contribution in [0.15, 0.2) is 67.5 Å². The Kier molecular flexibility index (Phi) is 6.34. The Bertz CT molecular complexity index is 1260. The minimum absolute atomic E-state index is 0.106. The molecule has 3 heterocycles. The van der Waals surface area contributed by atoms with E-state index in [-0.39, 0.29) is 11.6 Å². The highest BCUT2D eigenvalue weighted by atomic mass is 19.4. The third-order valence-electron chi connectivity index (χ3n) is 4.71. The average molecular weight is 470 g/mol. The zero-order chi connectivity index (χ0) is 24.1. The summed E-state index contributed by atoms with van der Waals surface area (Å²) in [5.74, 6) is 0.742. The van der Waals surface area contributed by atoms with Gasteiger partial charge in [-0.25, -0.2) is 19.9 Å². The molecule has 10 nitrogen and oxygen atoms in total. The molecule has 4 aromatic rings. The summed E-state index contributed by atoms with van der Waals surface area (Å²) in [4.78, 5) is 26.9. The van der Waals surface area contributed by atoms with Crippen LogP contribution in [0.3, 0.4) is 0 Å². The number of nitrogens with zero attached hydrogens (tertiary/aromatic N) is 6. The Morgan fingerprint density at radius 2 is 1.76 bits per heavy atom. The molecule has 0 aliphatic rings. The number of alkyl halides is 3. The first-order chi connectivity index (χ1) is 16.3. The summed E-state index contributed by atoms with van der Waals surface area (Å²) in [6, 6.07) is 7.56. The van der Waals surface area contributed by atoms with Gasteiger partial charge < -0.3 is 15.2 Å². The molecule has 0 radical (unpaired) electrons. The van der Waals surface area contributed by atoms with E-state index in [9.17, 15) is 23.3 Å². The van der Waals surface area contributed by atoms with Crippen molar-refractivity contribution in [2.45, 2.75) is 6.18 Å². The maximum Gasteiger partial charge on any atom is 0.416 e. The lowest BCUT2D eigenvalue weighted by atomic mass is 10.1. The molecule has 0 bridgehead atoms. The van der Waals surface area contributed by atoms with Crippen LogP contribution >= 0.6 is 0 Å². The highest BCUT2D eigenvalue weighted by molar-refractivity contribution is 5.70. The van der Waals surface area contributed by atoms with Crippen molar-refractivity contribution in [1.82, 2.24) is 24.5 Å². The Morgan fingerprint density at radius 3 is 2.38 bits per heavy atom. The summed E-state index contributed by atoms with van der Waals surface area (Å²) in [7, 11) is 0. The number of pyridine rings is 1. The lowest BCUT2D eigenvalue weighted by molar-refractivity contribution is -0.385. The largest absolute Gasteiger partial charge is 0.416 e. The van der Waals surface area contributed by atoms with Crippen LogP contribution in [0.4, 0.5) is 30.6 Å². The number of nitrogens with one attached hydrogen (secondary N) is 2. The van der Waals surface area contributed by atoms with E-state index >= 15 is 0 Å². The highest BCUT2D eigenvalue weighted by Crippen LogP contribution is 2.32. The van der Waals surface area contributed by atoms with E-state index in [1.165, 1.54) is 24.3 Å². The molecule has 2 N–H and O–H groups in total. The molecule has 0 saturated carbocycles. The van der Waals surface area contributed by atoms with Crippen molar-refractivity contribution in [3.05, 3.63) is 83.2 Å². The number of hydrogen-bond donors (Lipinski definition) is 2. The maximum absolute atomic E-state index is 13.0. The topological polar surface area (TPSA) is 124 Å². The Labute approximate surface area is 190 Å². The van der Waals surface area contributed by atoms with Crippen molar-refractivity contribution in [1.29, 1.82) is 0 Å². The molecular formula is C21H17F3N8O2. The summed E-state index contributed by atoms with van der Waals surface area (Å²) in [6.07, 6.45) is 3.07. The average Bonchev–Trinajstić information content (AvgIpc) is 3.36. The minimum Gasteiger partial charge on any atom is -0.368 e. The molecule has 0 unspecified atom stereocenters. The van der Waals surface area contributed by atoms with Gasteiger partial charge in [0.1, 0.15) is 12.0 Å². The van der Waals surface area contributed by atoms with Crippen molar-refractivity contribution < 1.29 is 18.1 Å². The SMILES string of the molecule is O=[N+]([O-])c1ccc(NCCNc2ncc(-n3ccnc3)c(-c3ccc(C(F)(F)F)cc3)n2)nc1. The van der Waals surface area contributed by atoms with E-state index < -0.39 is 16.7 Å². The Morgan fingerprint density at radius 1 is 1.00 bits per heavy atom. The molecule has 3 aromatic heterocycles. The first-order valence-corrected chi connectivity index (χ1v) is 9.92. The third kappa shape index (κ3) is 5.26. The molecular weight excluding hydrogens is 453 g/mol. The van der Waals surface area contributed by atoms with Crippen LogP contribution in [0.5, 0.6) is 0 Å². The summed E-state index contributed by atoms with van der Waals surface area (Å²) >= 11 is 0. The first-order valence-electron chi connectivity index (χ1n) is 9.92. The van der Waals surface area contributed by atoms with Crippen molar-refractivity contribution in [3.63, 3.8) is 0 Å². The van der Waals surface area contributed by atoms with Crippen molar-refractivity contribution >= 4 is 17.5 Å². The third-order valence-corrected chi connectivity index (χ3v) is 4.71. The predicted octanol–water partition coefficient (Wildman–Crippen LogP) is 4.18. The molecule has 0 saturated heterocycles. The van der Waals surface area contributed by atoms with Gasteiger partial charge >= 0.3 is 6.18 Å². The van der Waals surface area contributed by atoms with Gasteiger partial charge in [-0.1, -0.05) is 12.1 Å². The minimum atomic E-state index is -4.43. The Balaban J connectivity index is 1.49. The quantitative estimate of drug-likeness (QED) is 0.223. The molecule has 13 heteroatoms. The molecule has 0 aliphatic carbocycles. The zero-order valence-electron chi connectivity index (χ0n) is 17.4. The van der Waals surface area contributed by atoms with Gasteiger partial charge in [-0.15, -0.1) is 0 Å². The fourth-order valence-electron chi connectivity index (χ4n) is 3.04. The maximum atomic E-state index is 13.0.